The van der Waals surface area contributed by atoms with E-state index in [4.69, 9.17) is 11.6 Å². The molecule has 0 saturated heterocycles. The van der Waals surface area contributed by atoms with E-state index in [9.17, 15) is 13.2 Å². The molecule has 0 unspecified atom stereocenters. The molecule has 1 nitrogen and oxygen atoms in total. The Labute approximate surface area is 101 Å². The number of hydrogen-bond donors (Lipinski definition) is 0. The highest BCUT2D eigenvalue weighted by molar-refractivity contribution is 6.30. The van der Waals surface area contributed by atoms with Crippen LogP contribution in [0.15, 0.2) is 42.6 Å². The van der Waals surface area contributed by atoms with Crippen LogP contribution >= 0.6 is 11.6 Å². The molecule has 88 valence electrons. The van der Waals surface area contributed by atoms with Gasteiger partial charge in [0.25, 0.3) is 0 Å². The third-order valence-electron chi connectivity index (χ3n) is 2.23. The van der Waals surface area contributed by atoms with Gasteiger partial charge in [0.05, 0.1) is 0 Å². The third kappa shape index (κ3) is 2.77. The Bertz CT molecular complexity index is 520. The summed E-state index contributed by atoms with van der Waals surface area (Å²) in [6.45, 7) is 0. The van der Waals surface area contributed by atoms with Crippen molar-refractivity contribution in [3.05, 3.63) is 53.3 Å². The van der Waals surface area contributed by atoms with Crippen molar-refractivity contribution in [2.75, 3.05) is 0 Å². The fourth-order valence-electron chi connectivity index (χ4n) is 1.41. The molecule has 0 fully saturated rings. The van der Waals surface area contributed by atoms with Crippen molar-refractivity contribution in [1.29, 1.82) is 0 Å². The normalized spacial score (nSPS) is 11.5. The molecule has 2 rings (SSSR count). The number of nitrogens with zero attached hydrogens (tertiary/aromatic N) is 1. The van der Waals surface area contributed by atoms with Crippen LogP contribution in [0, 0.1) is 0 Å². The Morgan fingerprint density at radius 1 is 0.941 bits per heavy atom. The maximum Gasteiger partial charge on any atom is 0.433 e. The number of aromatic nitrogens is 1. The molecule has 0 N–H and O–H groups in total. The highest BCUT2D eigenvalue weighted by Crippen LogP contribution is 2.30. The van der Waals surface area contributed by atoms with Gasteiger partial charge in [-0.15, -0.1) is 0 Å². The molecule has 2 aromatic rings. The lowest BCUT2D eigenvalue weighted by Gasteiger charge is -2.07. The fourth-order valence-corrected chi connectivity index (χ4v) is 1.53. The van der Waals surface area contributed by atoms with Crippen molar-refractivity contribution in [3.8, 4) is 11.1 Å². The van der Waals surface area contributed by atoms with Crippen molar-refractivity contribution < 1.29 is 13.2 Å². The van der Waals surface area contributed by atoms with E-state index in [-0.39, 0.29) is 0 Å². The van der Waals surface area contributed by atoms with E-state index in [0.717, 1.165) is 12.3 Å². The van der Waals surface area contributed by atoms with Gasteiger partial charge in [0, 0.05) is 11.2 Å². The smallest absolute Gasteiger partial charge is 0.252 e. The van der Waals surface area contributed by atoms with Crippen LogP contribution in [0.4, 0.5) is 13.2 Å². The van der Waals surface area contributed by atoms with Crippen LogP contribution in [0.3, 0.4) is 0 Å². The highest BCUT2D eigenvalue weighted by Gasteiger charge is 2.32. The maximum absolute atomic E-state index is 12.5. The van der Waals surface area contributed by atoms with Gasteiger partial charge in [-0.1, -0.05) is 23.7 Å². The topological polar surface area (TPSA) is 12.9 Å². The summed E-state index contributed by atoms with van der Waals surface area (Å²) >= 11 is 5.71. The average molecular weight is 258 g/mol. The fraction of sp³-hybridized carbons (Fsp3) is 0.0833. The SMILES string of the molecule is FC(F)(F)c1cc(-c2ccc(Cl)cc2)ccn1. The van der Waals surface area contributed by atoms with Gasteiger partial charge < -0.3 is 0 Å². The summed E-state index contributed by atoms with van der Waals surface area (Å²) in [7, 11) is 0. The lowest BCUT2D eigenvalue weighted by Crippen LogP contribution is -2.07. The van der Waals surface area contributed by atoms with Crippen LogP contribution in [0.25, 0.3) is 11.1 Å². The van der Waals surface area contributed by atoms with Crippen LogP contribution in [0.2, 0.25) is 5.02 Å². The van der Waals surface area contributed by atoms with Crippen LogP contribution < -0.4 is 0 Å². The summed E-state index contributed by atoms with van der Waals surface area (Å²) in [6, 6.07) is 9.13. The number of benzene rings is 1. The van der Waals surface area contributed by atoms with E-state index < -0.39 is 11.9 Å². The van der Waals surface area contributed by atoms with Crippen LogP contribution in [0.1, 0.15) is 5.69 Å². The second-order valence-electron chi connectivity index (χ2n) is 3.43. The first-order valence-electron chi connectivity index (χ1n) is 4.76. The molecule has 0 spiro atoms. The van der Waals surface area contributed by atoms with Crippen molar-refractivity contribution in [1.82, 2.24) is 4.98 Å². The molecule has 5 heteroatoms. The van der Waals surface area contributed by atoms with E-state index in [1.807, 2.05) is 0 Å². The van der Waals surface area contributed by atoms with Gasteiger partial charge in [0.15, 0.2) is 0 Å². The number of rotatable bonds is 1. The summed E-state index contributed by atoms with van der Waals surface area (Å²) in [4.78, 5) is 3.30. The second-order valence-corrected chi connectivity index (χ2v) is 3.87. The summed E-state index contributed by atoms with van der Waals surface area (Å²) in [6.07, 6.45) is -3.28. The zero-order chi connectivity index (χ0) is 12.5. The monoisotopic (exact) mass is 257 g/mol. The molecule has 1 aromatic carbocycles. The minimum atomic E-state index is -4.43. The Hall–Kier alpha value is -1.55. The summed E-state index contributed by atoms with van der Waals surface area (Å²) in [5.74, 6) is 0. The molecule has 0 bridgehead atoms. The molecule has 0 aliphatic rings. The Morgan fingerprint density at radius 2 is 1.59 bits per heavy atom. The standard InChI is InChI=1S/C12H7ClF3N/c13-10-3-1-8(2-4-10)9-5-6-17-11(7-9)12(14,15)16/h1-7H. The van der Waals surface area contributed by atoms with Gasteiger partial charge in [0.2, 0.25) is 0 Å². The predicted molar refractivity (Wildman–Crippen MR) is 59.7 cm³/mol. The van der Waals surface area contributed by atoms with E-state index in [1.54, 1.807) is 24.3 Å². The molecule has 0 aliphatic heterocycles. The summed E-state index contributed by atoms with van der Waals surface area (Å²) in [5.41, 5.74) is 0.233. The van der Waals surface area contributed by atoms with Crippen molar-refractivity contribution in [3.63, 3.8) is 0 Å². The third-order valence-corrected chi connectivity index (χ3v) is 2.48. The van der Waals surface area contributed by atoms with Crippen LogP contribution in [-0.4, -0.2) is 4.98 Å². The molecule has 0 amide bonds. The molecule has 1 aromatic heterocycles. The van der Waals surface area contributed by atoms with Gasteiger partial charge in [-0.3, -0.25) is 4.98 Å². The zero-order valence-electron chi connectivity index (χ0n) is 8.50. The number of halogens is 4. The average Bonchev–Trinajstić information content (AvgIpc) is 2.29. The Kier molecular flexibility index (Phi) is 3.07. The van der Waals surface area contributed by atoms with E-state index in [1.165, 1.54) is 6.07 Å². The first kappa shape index (κ1) is 11.9. The van der Waals surface area contributed by atoms with Crippen molar-refractivity contribution in [2.24, 2.45) is 0 Å². The zero-order valence-corrected chi connectivity index (χ0v) is 9.26. The highest BCUT2D eigenvalue weighted by atomic mass is 35.5. The number of pyridine rings is 1. The largest absolute Gasteiger partial charge is 0.433 e. The molecule has 0 radical (unpaired) electrons. The van der Waals surface area contributed by atoms with Gasteiger partial charge in [-0.05, 0) is 35.4 Å². The lowest BCUT2D eigenvalue weighted by molar-refractivity contribution is -0.141. The minimum Gasteiger partial charge on any atom is -0.252 e. The summed E-state index contributed by atoms with van der Waals surface area (Å²) < 4.78 is 37.4. The molecular formula is C12H7ClF3N. The quantitative estimate of drug-likeness (QED) is 0.737. The Morgan fingerprint density at radius 3 is 2.18 bits per heavy atom. The van der Waals surface area contributed by atoms with Crippen molar-refractivity contribution >= 4 is 11.6 Å². The van der Waals surface area contributed by atoms with Crippen LogP contribution in [-0.2, 0) is 6.18 Å². The maximum atomic E-state index is 12.5. The van der Waals surface area contributed by atoms with Gasteiger partial charge >= 0.3 is 6.18 Å². The van der Waals surface area contributed by atoms with Crippen molar-refractivity contribution in [2.45, 2.75) is 6.18 Å². The predicted octanol–water partition coefficient (Wildman–Crippen LogP) is 4.42. The first-order chi connectivity index (χ1) is 7.97. The van der Waals surface area contributed by atoms with Gasteiger partial charge in [-0.2, -0.15) is 13.2 Å². The van der Waals surface area contributed by atoms with E-state index in [2.05, 4.69) is 4.98 Å². The number of alkyl halides is 3. The molecule has 1 heterocycles. The molecule has 0 atom stereocenters. The van der Waals surface area contributed by atoms with Crippen LogP contribution in [0.5, 0.6) is 0 Å². The summed E-state index contributed by atoms with van der Waals surface area (Å²) in [5, 5.41) is 0.541. The second kappa shape index (κ2) is 4.37. The number of hydrogen-bond acceptors (Lipinski definition) is 1. The van der Waals surface area contributed by atoms with Gasteiger partial charge in [-0.25, -0.2) is 0 Å². The van der Waals surface area contributed by atoms with Gasteiger partial charge in [0.1, 0.15) is 5.69 Å². The molecule has 0 saturated carbocycles. The molecular weight excluding hydrogens is 251 g/mol. The Balaban J connectivity index is 2.43. The van der Waals surface area contributed by atoms with E-state index in [0.29, 0.717) is 16.1 Å². The van der Waals surface area contributed by atoms with E-state index >= 15 is 0 Å². The molecule has 17 heavy (non-hydrogen) atoms. The first-order valence-corrected chi connectivity index (χ1v) is 5.14. The minimum absolute atomic E-state index is 0.462. The lowest BCUT2D eigenvalue weighted by atomic mass is 10.1. The molecule has 0 aliphatic carbocycles.